The molecule has 1 aliphatic heterocycles. The Balaban J connectivity index is 2.26. The van der Waals surface area contributed by atoms with E-state index in [2.05, 4.69) is 16.0 Å². The van der Waals surface area contributed by atoms with Crippen LogP contribution in [0.3, 0.4) is 0 Å². The Morgan fingerprint density at radius 1 is 0.943 bits per heavy atom. The number of anilines is 1. The van der Waals surface area contributed by atoms with Gasteiger partial charge in [-0.1, -0.05) is 67.0 Å². The summed E-state index contributed by atoms with van der Waals surface area (Å²) in [6.45, 7) is 13.8. The molecule has 0 bridgehead atoms. The van der Waals surface area contributed by atoms with E-state index >= 15 is 0 Å². The van der Waals surface area contributed by atoms with Crippen molar-refractivity contribution in [2.75, 3.05) is 40.6 Å². The van der Waals surface area contributed by atoms with Crippen LogP contribution in [0.5, 0.6) is 0 Å². The van der Waals surface area contributed by atoms with Crippen molar-refractivity contribution >= 4 is 35.3 Å². The first kappa shape index (κ1) is 45.4. The second-order valence-electron chi connectivity index (χ2n) is 15.2. The van der Waals surface area contributed by atoms with Gasteiger partial charge < -0.3 is 46.1 Å². The quantitative estimate of drug-likeness (QED) is 0.117. The van der Waals surface area contributed by atoms with Crippen LogP contribution in [-0.4, -0.2) is 122 Å². The average Bonchev–Trinajstić information content (AvgIpc) is 3.60. The highest BCUT2D eigenvalue weighted by molar-refractivity contribution is 5.90. The molecule has 300 valence electrons. The van der Waals surface area contributed by atoms with Crippen LogP contribution in [-0.2, 0) is 39.9 Å². The fourth-order valence-corrected chi connectivity index (χ4v) is 7.44. The Hall–Kier alpha value is -3.75. The topological polar surface area (TPSA) is 193 Å². The minimum Gasteiger partial charge on any atom is -0.480 e. The minimum atomic E-state index is -1.17. The van der Waals surface area contributed by atoms with Gasteiger partial charge in [-0.3, -0.25) is 19.2 Å². The van der Waals surface area contributed by atoms with Gasteiger partial charge in [0.25, 0.3) is 0 Å². The zero-order valence-electron chi connectivity index (χ0n) is 33.7. The van der Waals surface area contributed by atoms with E-state index in [1.54, 1.807) is 55.1 Å². The maximum absolute atomic E-state index is 14.1. The first-order valence-electron chi connectivity index (χ1n) is 18.9. The summed E-state index contributed by atoms with van der Waals surface area (Å²) in [5.41, 5.74) is 7.03. The Bertz CT molecular complexity index is 1360. The molecule has 0 radical (unpaired) electrons. The summed E-state index contributed by atoms with van der Waals surface area (Å²) < 4.78 is 11.8. The van der Waals surface area contributed by atoms with Crippen molar-refractivity contribution in [3.8, 4) is 0 Å². The number of benzene rings is 1. The Labute approximate surface area is 316 Å². The fourth-order valence-electron chi connectivity index (χ4n) is 7.44. The first-order chi connectivity index (χ1) is 24.9. The van der Waals surface area contributed by atoms with Crippen LogP contribution < -0.4 is 21.7 Å². The number of carbonyl (C=O) groups excluding carboxylic acids is 4. The standard InChI is InChI=1S/C39H66N6O8/c1-12-24(6)34(44(9)38(49)33(23(4)5)43-37(48)32(41-8)22(2)3)30(52-10)21-31(46)45-19-13-14-29(45)35(53-11)25(7)36(47)42-28(39(50)51)20-26-15-17-27(40)18-16-26/h15-18,22-25,28-30,32-35,41H,12-14,19-21,40H2,1-11H3,(H,42,47)(H,43,48)(H,50,51)/t24-,25+,28-,29-,30+,32-,33-,34-,35+/m0/s1. The lowest BCUT2D eigenvalue weighted by atomic mass is 9.89. The summed E-state index contributed by atoms with van der Waals surface area (Å²) in [5, 5.41) is 18.6. The molecule has 4 amide bonds. The van der Waals surface area contributed by atoms with Crippen LogP contribution in [0.15, 0.2) is 24.3 Å². The number of nitrogens with two attached hydrogens (primary N) is 1. The third kappa shape index (κ3) is 12.1. The fraction of sp³-hybridized carbons (Fsp3) is 0.718. The van der Waals surface area contributed by atoms with Gasteiger partial charge in [-0.25, -0.2) is 4.79 Å². The zero-order valence-corrected chi connectivity index (χ0v) is 33.7. The molecule has 1 saturated heterocycles. The van der Waals surface area contributed by atoms with Crippen LogP contribution in [0.4, 0.5) is 5.69 Å². The van der Waals surface area contributed by atoms with E-state index in [-0.39, 0.29) is 48.3 Å². The van der Waals surface area contributed by atoms with Crippen molar-refractivity contribution < 1.29 is 38.6 Å². The summed E-state index contributed by atoms with van der Waals surface area (Å²) in [5.74, 6) is -3.38. The Morgan fingerprint density at radius 3 is 2.04 bits per heavy atom. The van der Waals surface area contributed by atoms with Gasteiger partial charge in [0.1, 0.15) is 12.1 Å². The van der Waals surface area contributed by atoms with Gasteiger partial charge in [0.05, 0.1) is 42.7 Å². The van der Waals surface area contributed by atoms with Gasteiger partial charge in [0, 0.05) is 39.9 Å². The molecule has 0 saturated carbocycles. The normalized spacial score (nSPS) is 19.1. The molecular weight excluding hydrogens is 680 g/mol. The lowest BCUT2D eigenvalue weighted by Gasteiger charge is -2.41. The lowest BCUT2D eigenvalue weighted by Crippen LogP contribution is -2.59. The number of nitrogens with zero attached hydrogens (tertiary/aromatic N) is 2. The van der Waals surface area contributed by atoms with E-state index in [4.69, 9.17) is 15.2 Å². The summed E-state index contributed by atoms with van der Waals surface area (Å²) in [6.07, 6.45) is 0.696. The van der Waals surface area contributed by atoms with E-state index in [1.807, 2.05) is 41.5 Å². The van der Waals surface area contributed by atoms with E-state index in [0.29, 0.717) is 37.1 Å². The van der Waals surface area contributed by atoms with Gasteiger partial charge in [0.15, 0.2) is 0 Å². The smallest absolute Gasteiger partial charge is 0.326 e. The molecular formula is C39H66N6O8. The van der Waals surface area contributed by atoms with Crippen molar-refractivity contribution in [1.82, 2.24) is 25.8 Å². The molecule has 1 aromatic carbocycles. The van der Waals surface area contributed by atoms with Crippen LogP contribution >= 0.6 is 0 Å². The molecule has 9 atom stereocenters. The van der Waals surface area contributed by atoms with E-state index in [1.165, 1.54) is 14.2 Å². The molecule has 1 fully saturated rings. The van der Waals surface area contributed by atoms with Gasteiger partial charge in [-0.05, 0) is 55.3 Å². The van der Waals surface area contributed by atoms with Crippen molar-refractivity contribution in [2.45, 2.75) is 123 Å². The lowest BCUT2D eigenvalue weighted by molar-refractivity contribution is -0.148. The van der Waals surface area contributed by atoms with Gasteiger partial charge in [-0.2, -0.15) is 0 Å². The molecule has 6 N–H and O–H groups in total. The number of likely N-dealkylation sites (tertiary alicyclic amines) is 1. The number of likely N-dealkylation sites (N-methyl/N-ethyl adjacent to an activating group) is 2. The third-order valence-corrected chi connectivity index (χ3v) is 10.8. The van der Waals surface area contributed by atoms with Crippen molar-refractivity contribution in [3.63, 3.8) is 0 Å². The maximum Gasteiger partial charge on any atom is 0.326 e. The predicted molar refractivity (Wildman–Crippen MR) is 205 cm³/mol. The molecule has 1 heterocycles. The van der Waals surface area contributed by atoms with Crippen molar-refractivity contribution in [2.24, 2.45) is 23.7 Å². The highest BCUT2D eigenvalue weighted by Crippen LogP contribution is 2.30. The first-order valence-corrected chi connectivity index (χ1v) is 18.9. The number of ether oxygens (including phenoxy) is 2. The minimum absolute atomic E-state index is 0.0175. The summed E-state index contributed by atoms with van der Waals surface area (Å²) in [7, 11) is 6.44. The summed E-state index contributed by atoms with van der Waals surface area (Å²) in [6, 6.07) is 3.46. The van der Waals surface area contributed by atoms with Crippen LogP contribution in [0.2, 0.25) is 0 Å². The number of methoxy groups -OCH3 is 2. The number of carbonyl (C=O) groups is 5. The molecule has 1 aliphatic rings. The molecule has 14 heteroatoms. The zero-order chi connectivity index (χ0) is 40.2. The van der Waals surface area contributed by atoms with Crippen LogP contribution in [0.25, 0.3) is 0 Å². The van der Waals surface area contributed by atoms with Gasteiger partial charge >= 0.3 is 5.97 Å². The summed E-state index contributed by atoms with van der Waals surface area (Å²) in [4.78, 5) is 70.4. The predicted octanol–water partition coefficient (Wildman–Crippen LogP) is 2.69. The van der Waals surface area contributed by atoms with Crippen molar-refractivity contribution in [1.29, 1.82) is 0 Å². The number of hydrogen-bond donors (Lipinski definition) is 5. The number of nitrogens with one attached hydrogen (secondary N) is 3. The molecule has 53 heavy (non-hydrogen) atoms. The maximum atomic E-state index is 14.1. The number of aliphatic carboxylic acids is 1. The monoisotopic (exact) mass is 746 g/mol. The number of carboxylic acids is 1. The van der Waals surface area contributed by atoms with Crippen molar-refractivity contribution in [3.05, 3.63) is 29.8 Å². The largest absolute Gasteiger partial charge is 0.480 e. The molecule has 0 spiro atoms. The van der Waals surface area contributed by atoms with Gasteiger partial charge in [-0.15, -0.1) is 0 Å². The number of carboxylic acid groups (broad SMARTS) is 1. The molecule has 0 aliphatic carbocycles. The number of amides is 4. The molecule has 0 unspecified atom stereocenters. The molecule has 14 nitrogen and oxygen atoms in total. The Kier molecular flexibility index (Phi) is 18.2. The van der Waals surface area contributed by atoms with Crippen LogP contribution in [0, 0.1) is 23.7 Å². The molecule has 1 aromatic rings. The second-order valence-corrected chi connectivity index (χ2v) is 15.2. The van der Waals surface area contributed by atoms with E-state index < -0.39 is 60.2 Å². The number of nitrogen functional groups attached to an aromatic ring is 1. The molecule has 2 rings (SSSR count). The van der Waals surface area contributed by atoms with Gasteiger partial charge in [0.2, 0.25) is 23.6 Å². The third-order valence-electron chi connectivity index (χ3n) is 10.8. The second kappa shape index (κ2) is 21.2. The highest BCUT2D eigenvalue weighted by Gasteiger charge is 2.43. The molecule has 0 aromatic heterocycles. The number of rotatable bonds is 21. The van der Waals surface area contributed by atoms with E-state index in [9.17, 15) is 29.1 Å². The SMILES string of the molecule is CC[C@H](C)[C@@H]([C@@H](CC(=O)N1CCC[C@H]1[C@H](OC)[C@@H](C)C(=O)N[C@@H](Cc1ccc(N)cc1)C(=O)O)OC)N(C)C(=O)[C@@H](NC(=O)[C@@H](NC)C(C)C)C(C)C. The van der Waals surface area contributed by atoms with E-state index in [0.717, 1.165) is 0 Å². The highest BCUT2D eigenvalue weighted by atomic mass is 16.5. The van der Waals surface area contributed by atoms with Crippen LogP contribution in [0.1, 0.15) is 79.7 Å². The summed E-state index contributed by atoms with van der Waals surface area (Å²) >= 11 is 0. The average molecular weight is 747 g/mol. The Morgan fingerprint density at radius 2 is 1.55 bits per heavy atom. The number of hydrogen-bond acceptors (Lipinski definition) is 9.